The average molecular weight is 911 g/mol. The summed E-state index contributed by atoms with van der Waals surface area (Å²) in [5, 5.41) is 11.3. The fraction of sp³-hybridized carbons (Fsp3) is 0.169. The zero-order valence-electron chi connectivity index (χ0n) is 41.1. The minimum absolute atomic E-state index is 0.0824. The molecule has 0 amide bonds. The van der Waals surface area contributed by atoms with Gasteiger partial charge in [-0.2, -0.15) is 0 Å². The summed E-state index contributed by atoms with van der Waals surface area (Å²) in [4.78, 5) is 0. The summed E-state index contributed by atoms with van der Waals surface area (Å²) in [6.45, 7) is 19.2. The molecule has 0 N–H and O–H groups in total. The van der Waals surface area contributed by atoms with E-state index in [0.29, 0.717) is 17.8 Å². The van der Waals surface area contributed by atoms with Crippen LogP contribution < -0.4 is 57.9 Å². The predicted octanol–water partition coefficient (Wildman–Crippen LogP) is 8.93. The van der Waals surface area contributed by atoms with Gasteiger partial charge in [-0.15, -0.1) is 0 Å². The Balaban J connectivity index is 1.37. The van der Waals surface area contributed by atoms with Crippen molar-refractivity contribution in [3.8, 4) is 11.1 Å². The Morgan fingerprint density at radius 1 is 0.324 bits per heavy atom. The highest BCUT2D eigenvalue weighted by atomic mass is 28.3. The first kappa shape index (κ1) is 45.3. The number of hydrogen-bond acceptors (Lipinski definition) is 0. The van der Waals surface area contributed by atoms with Crippen molar-refractivity contribution in [2.75, 3.05) is 0 Å². The van der Waals surface area contributed by atoms with Crippen molar-refractivity contribution in [3.63, 3.8) is 0 Å². The van der Waals surface area contributed by atoms with Gasteiger partial charge in [0.25, 0.3) is 0 Å². The van der Waals surface area contributed by atoms with E-state index in [0.717, 1.165) is 0 Å². The first-order valence-corrected chi connectivity index (χ1v) is 28.9. The van der Waals surface area contributed by atoms with Crippen LogP contribution in [-0.2, 0) is 0 Å². The lowest BCUT2D eigenvalue weighted by molar-refractivity contribution is 0.812. The SMILES string of the molecule is Cc1cc2c(cc1[Si](c1ccccc1)(c1ccccc1)c1ccccc1)-c1cc([Si](c3ccccc3)(c3ccccc3)c3ccccc3)c(C)cc1B2c1c(C(C)C)cc(C(C)C)cc1C(C)C. The van der Waals surface area contributed by atoms with Crippen LogP contribution in [0.25, 0.3) is 11.1 Å². The van der Waals surface area contributed by atoms with Crippen molar-refractivity contribution in [1.29, 1.82) is 0 Å². The number of hydrogen-bond donors (Lipinski definition) is 0. The molecule has 9 aromatic rings. The van der Waals surface area contributed by atoms with E-state index < -0.39 is 16.1 Å². The van der Waals surface area contributed by atoms with Crippen LogP contribution in [0.2, 0.25) is 0 Å². The van der Waals surface area contributed by atoms with Crippen LogP contribution >= 0.6 is 0 Å². The summed E-state index contributed by atoms with van der Waals surface area (Å²) < 4.78 is 0. The van der Waals surface area contributed by atoms with Crippen LogP contribution in [-0.4, -0.2) is 22.9 Å². The molecule has 0 saturated carbocycles. The van der Waals surface area contributed by atoms with Crippen LogP contribution in [0.4, 0.5) is 0 Å². The van der Waals surface area contributed by atoms with Crippen molar-refractivity contribution >= 4 is 80.7 Å². The normalized spacial score (nSPS) is 12.5. The van der Waals surface area contributed by atoms with Gasteiger partial charge in [0.2, 0.25) is 6.71 Å². The lowest BCUT2D eigenvalue weighted by Crippen LogP contribution is -2.75. The average Bonchev–Trinajstić information content (AvgIpc) is 3.66. The third-order valence-corrected chi connectivity index (χ3v) is 25.1. The van der Waals surface area contributed by atoms with Crippen LogP contribution in [0.15, 0.2) is 218 Å². The lowest BCUT2D eigenvalue weighted by atomic mass is 9.36. The number of rotatable bonds is 12. The van der Waals surface area contributed by atoms with E-state index in [-0.39, 0.29) is 6.71 Å². The van der Waals surface area contributed by atoms with E-state index in [2.05, 4.69) is 274 Å². The fourth-order valence-corrected chi connectivity index (χ4v) is 22.2. The summed E-state index contributed by atoms with van der Waals surface area (Å²) in [5.41, 5.74) is 14.2. The van der Waals surface area contributed by atoms with Gasteiger partial charge in [0, 0.05) is 0 Å². The van der Waals surface area contributed by atoms with Crippen LogP contribution in [0.1, 0.15) is 87.1 Å². The summed E-state index contributed by atoms with van der Waals surface area (Å²) in [6.07, 6.45) is 0. The third kappa shape index (κ3) is 7.43. The molecule has 0 fully saturated rings. The molecule has 0 atom stereocenters. The van der Waals surface area contributed by atoms with E-state index in [4.69, 9.17) is 0 Å². The molecule has 0 aromatic heterocycles. The largest absolute Gasteiger partial charge is 0.243 e. The summed E-state index contributed by atoms with van der Waals surface area (Å²) in [6, 6.07) is 84.6. The second-order valence-corrected chi connectivity index (χ2v) is 27.8. The lowest BCUT2D eigenvalue weighted by Gasteiger charge is -2.36. The molecule has 1 heterocycles. The van der Waals surface area contributed by atoms with Gasteiger partial charge in [-0.25, -0.2) is 0 Å². The van der Waals surface area contributed by atoms with E-state index in [1.54, 1.807) is 0 Å². The Morgan fingerprint density at radius 2 is 0.588 bits per heavy atom. The molecule has 334 valence electrons. The van der Waals surface area contributed by atoms with Crippen molar-refractivity contribution in [1.82, 2.24) is 0 Å². The molecule has 0 nitrogen and oxygen atoms in total. The molecule has 10 rings (SSSR count). The Kier molecular flexibility index (Phi) is 12.3. The Labute approximate surface area is 408 Å². The zero-order chi connectivity index (χ0) is 47.2. The minimum Gasteiger partial charge on any atom is -0.0635 e. The van der Waals surface area contributed by atoms with Crippen molar-refractivity contribution in [2.24, 2.45) is 0 Å². The van der Waals surface area contributed by atoms with Gasteiger partial charge in [-0.3, -0.25) is 0 Å². The third-order valence-electron chi connectivity index (χ3n) is 15.2. The van der Waals surface area contributed by atoms with Gasteiger partial charge in [-0.1, -0.05) is 287 Å². The van der Waals surface area contributed by atoms with Gasteiger partial charge in [0.05, 0.1) is 0 Å². The Hall–Kier alpha value is -6.52. The van der Waals surface area contributed by atoms with Gasteiger partial charge in [-0.05, 0) is 101 Å². The zero-order valence-corrected chi connectivity index (χ0v) is 43.1. The molecule has 0 saturated heterocycles. The minimum atomic E-state index is -2.90. The van der Waals surface area contributed by atoms with Crippen LogP contribution in [0.5, 0.6) is 0 Å². The Bertz CT molecular complexity index is 2790. The van der Waals surface area contributed by atoms with Gasteiger partial charge >= 0.3 is 0 Å². The molecule has 3 heteroatoms. The molecule has 9 aromatic carbocycles. The maximum Gasteiger partial charge on any atom is 0.243 e. The maximum absolute atomic E-state index is 2.90. The first-order chi connectivity index (χ1) is 33.1. The first-order valence-electron chi connectivity index (χ1n) is 24.9. The predicted molar refractivity (Wildman–Crippen MR) is 302 cm³/mol. The highest BCUT2D eigenvalue weighted by Gasteiger charge is 2.47. The molecule has 0 spiro atoms. The topological polar surface area (TPSA) is 0 Å². The van der Waals surface area contributed by atoms with Crippen molar-refractivity contribution in [2.45, 2.75) is 73.1 Å². The quantitative estimate of drug-likeness (QED) is 0.0850. The molecule has 68 heavy (non-hydrogen) atoms. The molecule has 1 aliphatic rings. The van der Waals surface area contributed by atoms with Gasteiger partial charge < -0.3 is 0 Å². The van der Waals surface area contributed by atoms with E-state index in [1.165, 1.54) is 96.8 Å². The summed E-state index contributed by atoms with van der Waals surface area (Å²) in [5.74, 6) is 1.16. The molecule has 0 aliphatic carbocycles. The highest BCUT2D eigenvalue weighted by molar-refractivity contribution is 7.21. The highest BCUT2D eigenvalue weighted by Crippen LogP contribution is 2.32. The number of benzene rings is 9. The van der Waals surface area contributed by atoms with E-state index in [9.17, 15) is 0 Å². The smallest absolute Gasteiger partial charge is 0.0635 e. The molecular weight excluding hydrogens is 848 g/mol. The molecule has 0 bridgehead atoms. The number of aryl methyl sites for hydroxylation is 2. The monoisotopic (exact) mass is 910 g/mol. The standard InChI is InChI=1S/C65H63BSi2/c1-45(2)50-41-57(46(3)4)65(58(42-50)47(5)6)66-61-39-48(7)63(67(51-27-15-9-16-28-51,52-29-17-10-18-30-52)53-31-19-11-20-32-53)43-59(61)60-44-64(49(8)40-62(60)66)68(54-33-21-12-22-34-54,55-35-23-13-24-36-55)56-37-25-14-26-38-56/h9-47H,1-8H3. The maximum atomic E-state index is 2.70. The van der Waals surface area contributed by atoms with Gasteiger partial charge in [0.15, 0.2) is 16.1 Å². The fourth-order valence-electron chi connectivity index (χ4n) is 12.1. The second-order valence-electron chi connectivity index (χ2n) is 20.2. The summed E-state index contributed by atoms with van der Waals surface area (Å²) >= 11 is 0. The Morgan fingerprint density at radius 3 is 0.824 bits per heavy atom. The van der Waals surface area contributed by atoms with Gasteiger partial charge in [0.1, 0.15) is 0 Å². The summed E-state index contributed by atoms with van der Waals surface area (Å²) in [7, 11) is -5.80. The molecule has 0 radical (unpaired) electrons. The molecule has 0 unspecified atom stereocenters. The van der Waals surface area contributed by atoms with E-state index in [1.807, 2.05) is 0 Å². The van der Waals surface area contributed by atoms with E-state index >= 15 is 0 Å². The van der Waals surface area contributed by atoms with Crippen molar-refractivity contribution in [3.05, 3.63) is 246 Å². The van der Waals surface area contributed by atoms with Crippen LogP contribution in [0.3, 0.4) is 0 Å². The second kappa shape index (κ2) is 18.5. The van der Waals surface area contributed by atoms with Crippen LogP contribution in [0, 0.1) is 13.8 Å². The number of fused-ring (bicyclic) bond motifs is 3. The molecule has 1 aliphatic heterocycles. The molecular formula is C65H63BSi2. The van der Waals surface area contributed by atoms with Crippen molar-refractivity contribution < 1.29 is 0 Å².